The highest BCUT2D eigenvalue weighted by molar-refractivity contribution is 6.07. The van der Waals surface area contributed by atoms with Gasteiger partial charge in [-0.1, -0.05) is 0 Å². The molecule has 1 N–H and O–H groups in total. The van der Waals surface area contributed by atoms with Crippen molar-refractivity contribution in [2.24, 2.45) is 0 Å². The van der Waals surface area contributed by atoms with Gasteiger partial charge in [0.15, 0.2) is 0 Å². The van der Waals surface area contributed by atoms with Gasteiger partial charge in [0.2, 0.25) is 5.91 Å². The predicted molar refractivity (Wildman–Crippen MR) is 95.8 cm³/mol. The Morgan fingerprint density at radius 3 is 2.52 bits per heavy atom. The summed E-state index contributed by atoms with van der Waals surface area (Å²) < 4.78 is 5.07. The van der Waals surface area contributed by atoms with Crippen molar-refractivity contribution < 1.29 is 19.2 Å². The number of nitro benzene ring substituents is 1. The molecule has 142 valence electrons. The van der Waals surface area contributed by atoms with Crippen molar-refractivity contribution in [1.29, 1.82) is 5.26 Å². The van der Waals surface area contributed by atoms with Crippen LogP contribution in [0.2, 0.25) is 0 Å². The maximum Gasteiger partial charge on any atom is 0.273 e. The Hall–Kier alpha value is -3.61. The number of nitrogens with one attached hydrogen (secondary N) is 1. The molecule has 2 amide bonds. The van der Waals surface area contributed by atoms with Crippen molar-refractivity contribution in [3.05, 3.63) is 40.1 Å². The van der Waals surface area contributed by atoms with E-state index >= 15 is 0 Å². The Bertz CT molecular complexity index is 821. The zero-order valence-corrected chi connectivity index (χ0v) is 15.0. The van der Waals surface area contributed by atoms with Crippen LogP contribution in [0.15, 0.2) is 30.0 Å². The number of rotatable bonds is 5. The quantitative estimate of drug-likeness (QED) is 0.354. The smallest absolute Gasteiger partial charge is 0.273 e. The molecule has 1 aromatic rings. The molecule has 0 aromatic heterocycles. The van der Waals surface area contributed by atoms with Crippen molar-refractivity contribution >= 4 is 23.2 Å². The predicted octanol–water partition coefficient (Wildman–Crippen LogP) is 1.11. The summed E-state index contributed by atoms with van der Waals surface area (Å²) in [5.41, 5.74) is -0.0773. The lowest BCUT2D eigenvalue weighted by Crippen LogP contribution is -2.46. The average molecular weight is 373 g/mol. The van der Waals surface area contributed by atoms with Crippen LogP contribution in [0.25, 0.3) is 0 Å². The van der Waals surface area contributed by atoms with Crippen molar-refractivity contribution in [3.8, 4) is 11.8 Å². The highest BCUT2D eigenvalue weighted by atomic mass is 16.6. The number of non-ortho nitro benzene ring substituents is 1. The molecule has 1 aliphatic rings. The van der Waals surface area contributed by atoms with Gasteiger partial charge < -0.3 is 19.9 Å². The van der Waals surface area contributed by atoms with Gasteiger partial charge in [0, 0.05) is 45.4 Å². The zero-order chi connectivity index (χ0) is 20.0. The fourth-order valence-electron chi connectivity index (χ4n) is 2.57. The maximum atomic E-state index is 12.4. The van der Waals surface area contributed by atoms with E-state index in [-0.39, 0.29) is 28.6 Å². The molecule has 10 heteroatoms. The second-order valence-corrected chi connectivity index (χ2v) is 5.79. The summed E-state index contributed by atoms with van der Waals surface area (Å²) in [6.45, 7) is 3.56. The third-order valence-electron chi connectivity index (χ3n) is 4.08. The molecule has 1 saturated heterocycles. The summed E-state index contributed by atoms with van der Waals surface area (Å²) in [4.78, 5) is 37.5. The molecule has 1 aromatic carbocycles. The van der Waals surface area contributed by atoms with Crippen molar-refractivity contribution in [1.82, 2.24) is 9.80 Å². The Morgan fingerprint density at radius 2 is 2.00 bits per heavy atom. The van der Waals surface area contributed by atoms with E-state index in [0.29, 0.717) is 26.2 Å². The minimum atomic E-state index is -0.654. The van der Waals surface area contributed by atoms with E-state index in [1.54, 1.807) is 9.80 Å². The molecule has 0 radical (unpaired) electrons. The number of nitro groups is 1. The van der Waals surface area contributed by atoms with Gasteiger partial charge in [-0.2, -0.15) is 5.26 Å². The van der Waals surface area contributed by atoms with Crippen molar-refractivity contribution in [3.63, 3.8) is 0 Å². The molecular formula is C17H19N5O5. The zero-order valence-electron chi connectivity index (χ0n) is 15.0. The molecule has 1 aliphatic heterocycles. The van der Waals surface area contributed by atoms with E-state index in [1.165, 1.54) is 38.4 Å². The third-order valence-corrected chi connectivity index (χ3v) is 4.08. The number of amides is 2. The van der Waals surface area contributed by atoms with Gasteiger partial charge in [-0.3, -0.25) is 19.7 Å². The van der Waals surface area contributed by atoms with E-state index in [2.05, 4.69) is 5.32 Å². The van der Waals surface area contributed by atoms with Crippen LogP contribution in [0.5, 0.6) is 5.75 Å². The largest absolute Gasteiger partial charge is 0.494 e. The number of nitrogens with zero attached hydrogens (tertiary/aromatic N) is 4. The highest BCUT2D eigenvalue weighted by Crippen LogP contribution is 2.29. The number of ether oxygens (including phenoxy) is 1. The first-order chi connectivity index (χ1) is 12.8. The van der Waals surface area contributed by atoms with Crippen LogP contribution >= 0.6 is 0 Å². The fourth-order valence-corrected chi connectivity index (χ4v) is 2.57. The van der Waals surface area contributed by atoms with Crippen LogP contribution in [0.3, 0.4) is 0 Å². The van der Waals surface area contributed by atoms with Crippen LogP contribution in [0.4, 0.5) is 11.4 Å². The summed E-state index contributed by atoms with van der Waals surface area (Å²) >= 11 is 0. The summed E-state index contributed by atoms with van der Waals surface area (Å²) in [6, 6.07) is 5.61. The molecule has 1 fully saturated rings. The molecule has 0 bridgehead atoms. The maximum absolute atomic E-state index is 12.4. The van der Waals surface area contributed by atoms with Gasteiger partial charge in [-0.15, -0.1) is 0 Å². The van der Waals surface area contributed by atoms with Gasteiger partial charge in [0.25, 0.3) is 11.6 Å². The highest BCUT2D eigenvalue weighted by Gasteiger charge is 2.20. The van der Waals surface area contributed by atoms with Gasteiger partial charge >= 0.3 is 0 Å². The number of benzene rings is 1. The number of hydrogen-bond donors (Lipinski definition) is 1. The van der Waals surface area contributed by atoms with Crippen molar-refractivity contribution in [2.75, 3.05) is 38.6 Å². The number of carbonyl (C=O) groups is 2. The lowest BCUT2D eigenvalue weighted by atomic mass is 10.2. The standard InChI is InChI=1S/C17H19N5O5/c1-12(23)21-7-5-20(6-8-21)11-13(10-18)17(24)19-15-4-3-14(22(25)26)9-16(15)27-2/h3-4,9,11H,5-8H2,1-2H3,(H,19,24)/b13-11-. The second-order valence-electron chi connectivity index (χ2n) is 5.79. The third kappa shape index (κ3) is 4.94. The first-order valence-electron chi connectivity index (χ1n) is 8.11. The molecule has 1 heterocycles. The Balaban J connectivity index is 2.10. The minimum Gasteiger partial charge on any atom is -0.494 e. The summed E-state index contributed by atoms with van der Waals surface area (Å²) in [6.07, 6.45) is 1.45. The van der Waals surface area contributed by atoms with Crippen LogP contribution in [0.1, 0.15) is 6.92 Å². The van der Waals surface area contributed by atoms with Gasteiger partial charge in [0.05, 0.1) is 23.8 Å². The Kier molecular flexibility index (Phi) is 6.32. The summed E-state index contributed by atoms with van der Waals surface area (Å²) in [7, 11) is 1.32. The molecule has 0 aliphatic carbocycles. The number of anilines is 1. The van der Waals surface area contributed by atoms with E-state index < -0.39 is 10.8 Å². The number of nitriles is 1. The number of hydrogen-bond acceptors (Lipinski definition) is 7. The normalized spacial score (nSPS) is 14.3. The first kappa shape index (κ1) is 19.7. The average Bonchev–Trinajstić information content (AvgIpc) is 2.66. The number of carbonyl (C=O) groups excluding carboxylic acids is 2. The molecule has 0 saturated carbocycles. The molecule has 0 unspecified atom stereocenters. The van der Waals surface area contributed by atoms with Gasteiger partial charge in [-0.05, 0) is 6.07 Å². The number of piperazine rings is 1. The van der Waals surface area contributed by atoms with Gasteiger partial charge in [-0.25, -0.2) is 0 Å². The van der Waals surface area contributed by atoms with Crippen molar-refractivity contribution in [2.45, 2.75) is 6.92 Å². The molecule has 0 spiro atoms. The lowest BCUT2D eigenvalue weighted by molar-refractivity contribution is -0.384. The van der Waals surface area contributed by atoms with E-state index in [4.69, 9.17) is 4.74 Å². The van der Waals surface area contributed by atoms with Gasteiger partial charge in [0.1, 0.15) is 17.4 Å². The first-order valence-corrected chi connectivity index (χ1v) is 8.11. The fraction of sp³-hybridized carbons (Fsp3) is 0.353. The minimum absolute atomic E-state index is 0.0119. The monoisotopic (exact) mass is 373 g/mol. The molecular weight excluding hydrogens is 354 g/mol. The molecule has 0 atom stereocenters. The number of methoxy groups -OCH3 is 1. The van der Waals surface area contributed by atoms with Crippen LogP contribution in [-0.4, -0.2) is 59.8 Å². The SMILES string of the molecule is COc1cc([N+](=O)[O-])ccc1NC(=O)/C(C#N)=C\N1CCN(C(C)=O)CC1. The topological polar surface area (TPSA) is 129 Å². The molecule has 27 heavy (non-hydrogen) atoms. The summed E-state index contributed by atoms with van der Waals surface area (Å²) in [5, 5.41) is 22.6. The van der Waals surface area contributed by atoms with E-state index in [9.17, 15) is 25.0 Å². The molecule has 10 nitrogen and oxygen atoms in total. The molecule has 2 rings (SSSR count). The Labute approximate surface area is 155 Å². The Morgan fingerprint density at radius 1 is 1.33 bits per heavy atom. The summed E-state index contributed by atoms with van der Waals surface area (Å²) in [5.74, 6) is -0.550. The van der Waals surface area contributed by atoms with E-state index in [0.717, 1.165) is 0 Å². The van der Waals surface area contributed by atoms with Crippen LogP contribution in [0, 0.1) is 21.4 Å². The van der Waals surface area contributed by atoms with E-state index in [1.807, 2.05) is 6.07 Å². The second kappa shape index (κ2) is 8.66. The lowest BCUT2D eigenvalue weighted by Gasteiger charge is -2.33. The van der Waals surface area contributed by atoms with Crippen LogP contribution < -0.4 is 10.1 Å². The van der Waals surface area contributed by atoms with Crippen LogP contribution in [-0.2, 0) is 9.59 Å².